The molecule has 0 aliphatic carbocycles. The highest BCUT2D eigenvalue weighted by molar-refractivity contribution is 9.10. The Hall–Kier alpha value is -1.52. The minimum Gasteiger partial charge on any atom is -0.495 e. The summed E-state index contributed by atoms with van der Waals surface area (Å²) in [6.07, 6.45) is 0. The van der Waals surface area contributed by atoms with Crippen LogP contribution in [0.25, 0.3) is 0 Å². The van der Waals surface area contributed by atoms with Crippen LogP contribution in [0.1, 0.15) is 30.0 Å². The van der Waals surface area contributed by atoms with Crippen molar-refractivity contribution in [1.29, 1.82) is 0 Å². The summed E-state index contributed by atoms with van der Waals surface area (Å²) in [6.45, 7) is 2.12. The average Bonchev–Trinajstić information content (AvgIpc) is 2.54. The normalized spacial score (nSPS) is 13.6. The Balaban J connectivity index is 2.39. The first kappa shape index (κ1) is 15.9. The molecule has 2 N–H and O–H groups in total. The predicted octanol–water partition coefficient (Wildman–Crippen LogP) is 4.27. The predicted molar refractivity (Wildman–Crippen MR) is 89.0 cm³/mol. The van der Waals surface area contributed by atoms with E-state index in [9.17, 15) is 0 Å². The van der Waals surface area contributed by atoms with E-state index >= 15 is 0 Å². The molecule has 0 fully saturated rings. The van der Waals surface area contributed by atoms with Crippen LogP contribution in [0.15, 0.2) is 46.9 Å². The van der Waals surface area contributed by atoms with E-state index in [1.165, 1.54) is 5.56 Å². The van der Waals surface area contributed by atoms with Gasteiger partial charge in [0.2, 0.25) is 0 Å². The maximum Gasteiger partial charge on any atom is 0.141 e. The molecule has 21 heavy (non-hydrogen) atoms. The molecule has 2 atom stereocenters. The first-order chi connectivity index (χ1) is 10.1. The number of nitrogens with two attached hydrogens (primary N) is 1. The minimum absolute atomic E-state index is 0.162. The Labute approximate surface area is 134 Å². The third-order valence-corrected chi connectivity index (χ3v) is 4.49. The summed E-state index contributed by atoms with van der Waals surface area (Å²) in [5.74, 6) is 1.64. The van der Waals surface area contributed by atoms with Crippen LogP contribution in [-0.2, 0) is 0 Å². The van der Waals surface area contributed by atoms with E-state index in [1.807, 2.05) is 30.3 Å². The molecular formula is C17H20BrNO2. The molecule has 0 saturated heterocycles. The highest BCUT2D eigenvalue weighted by Crippen LogP contribution is 2.42. The van der Waals surface area contributed by atoms with Crippen LogP contribution in [0.3, 0.4) is 0 Å². The zero-order valence-corrected chi connectivity index (χ0v) is 14.1. The Morgan fingerprint density at radius 2 is 1.67 bits per heavy atom. The molecule has 0 spiro atoms. The number of methoxy groups -OCH3 is 2. The molecule has 2 unspecified atom stereocenters. The van der Waals surface area contributed by atoms with Crippen molar-refractivity contribution in [3.8, 4) is 11.5 Å². The molecule has 0 aromatic heterocycles. The lowest BCUT2D eigenvalue weighted by molar-refractivity contribution is 0.381. The van der Waals surface area contributed by atoms with E-state index in [2.05, 4.69) is 35.0 Å². The molecule has 3 nitrogen and oxygen atoms in total. The summed E-state index contributed by atoms with van der Waals surface area (Å²) < 4.78 is 11.6. The van der Waals surface area contributed by atoms with Crippen molar-refractivity contribution in [3.05, 3.63) is 58.1 Å². The Bertz CT molecular complexity index is 601. The van der Waals surface area contributed by atoms with Crippen molar-refractivity contribution < 1.29 is 9.47 Å². The van der Waals surface area contributed by atoms with E-state index in [-0.39, 0.29) is 12.0 Å². The Kier molecular flexibility index (Phi) is 5.26. The van der Waals surface area contributed by atoms with Crippen LogP contribution < -0.4 is 15.2 Å². The second kappa shape index (κ2) is 6.96. The number of hydrogen-bond acceptors (Lipinski definition) is 3. The van der Waals surface area contributed by atoms with Gasteiger partial charge in [-0.2, -0.15) is 0 Å². The van der Waals surface area contributed by atoms with Crippen LogP contribution in [0.2, 0.25) is 0 Å². The van der Waals surface area contributed by atoms with Crippen molar-refractivity contribution in [1.82, 2.24) is 0 Å². The van der Waals surface area contributed by atoms with Gasteiger partial charge in [0.05, 0.1) is 14.2 Å². The average molecular weight is 350 g/mol. The topological polar surface area (TPSA) is 44.5 Å². The van der Waals surface area contributed by atoms with Gasteiger partial charge in [-0.15, -0.1) is 0 Å². The quantitative estimate of drug-likeness (QED) is 0.876. The number of halogens is 1. The van der Waals surface area contributed by atoms with E-state index < -0.39 is 0 Å². The third kappa shape index (κ3) is 3.22. The number of ether oxygens (including phenoxy) is 2. The molecule has 2 aromatic carbocycles. The lowest BCUT2D eigenvalue weighted by atomic mass is 9.89. The van der Waals surface area contributed by atoms with Gasteiger partial charge in [-0.3, -0.25) is 0 Å². The molecule has 0 bridgehead atoms. The fraction of sp³-hybridized carbons (Fsp3) is 0.294. The largest absolute Gasteiger partial charge is 0.495 e. The van der Waals surface area contributed by atoms with Crippen molar-refractivity contribution in [2.75, 3.05) is 14.2 Å². The van der Waals surface area contributed by atoms with Crippen LogP contribution in [0, 0.1) is 0 Å². The van der Waals surface area contributed by atoms with E-state index in [1.54, 1.807) is 14.2 Å². The van der Waals surface area contributed by atoms with Gasteiger partial charge in [0.1, 0.15) is 16.0 Å². The molecule has 2 aromatic rings. The SMILES string of the molecule is COc1ccc(C(N)C(C)c2ccccc2)c(OC)c1Br. The van der Waals surface area contributed by atoms with Crippen molar-refractivity contribution in [2.24, 2.45) is 5.73 Å². The molecule has 0 saturated carbocycles. The monoisotopic (exact) mass is 349 g/mol. The highest BCUT2D eigenvalue weighted by atomic mass is 79.9. The summed E-state index contributed by atoms with van der Waals surface area (Å²) in [6, 6.07) is 14.0. The van der Waals surface area contributed by atoms with Gasteiger partial charge in [0, 0.05) is 17.5 Å². The van der Waals surface area contributed by atoms with Gasteiger partial charge in [0.25, 0.3) is 0 Å². The number of benzene rings is 2. The molecule has 0 aliphatic heterocycles. The first-order valence-electron chi connectivity index (χ1n) is 6.81. The molecule has 0 amide bonds. The van der Waals surface area contributed by atoms with Gasteiger partial charge in [-0.1, -0.05) is 37.3 Å². The summed E-state index contributed by atoms with van der Waals surface area (Å²) in [5.41, 5.74) is 8.63. The fourth-order valence-electron chi connectivity index (χ4n) is 2.41. The van der Waals surface area contributed by atoms with E-state index in [4.69, 9.17) is 15.2 Å². The van der Waals surface area contributed by atoms with E-state index in [0.29, 0.717) is 0 Å². The van der Waals surface area contributed by atoms with Gasteiger partial charge < -0.3 is 15.2 Å². The van der Waals surface area contributed by atoms with Crippen LogP contribution in [0.4, 0.5) is 0 Å². The third-order valence-electron chi connectivity index (χ3n) is 3.74. The molecule has 2 rings (SSSR count). The molecule has 112 valence electrons. The van der Waals surface area contributed by atoms with Gasteiger partial charge in [0.15, 0.2) is 0 Å². The Morgan fingerprint density at radius 3 is 2.24 bits per heavy atom. The molecule has 0 radical (unpaired) electrons. The highest BCUT2D eigenvalue weighted by Gasteiger charge is 2.23. The second-order valence-electron chi connectivity index (χ2n) is 4.93. The lowest BCUT2D eigenvalue weighted by Gasteiger charge is -2.24. The molecular weight excluding hydrogens is 330 g/mol. The maximum atomic E-state index is 6.47. The summed E-state index contributed by atoms with van der Waals surface area (Å²) in [7, 11) is 3.27. The number of hydrogen-bond donors (Lipinski definition) is 1. The van der Waals surface area contributed by atoms with Crippen molar-refractivity contribution in [3.63, 3.8) is 0 Å². The molecule has 0 aliphatic rings. The van der Waals surface area contributed by atoms with Crippen LogP contribution >= 0.6 is 15.9 Å². The maximum absolute atomic E-state index is 6.47. The summed E-state index contributed by atoms with van der Waals surface area (Å²) in [5, 5.41) is 0. The molecule has 4 heteroatoms. The second-order valence-corrected chi connectivity index (χ2v) is 5.72. The van der Waals surface area contributed by atoms with Gasteiger partial charge in [-0.05, 0) is 33.6 Å². The van der Waals surface area contributed by atoms with Crippen molar-refractivity contribution >= 4 is 15.9 Å². The van der Waals surface area contributed by atoms with Crippen LogP contribution in [-0.4, -0.2) is 14.2 Å². The smallest absolute Gasteiger partial charge is 0.141 e. The number of rotatable bonds is 5. The van der Waals surface area contributed by atoms with Gasteiger partial charge in [-0.25, -0.2) is 0 Å². The molecule has 0 heterocycles. The fourth-order valence-corrected chi connectivity index (χ4v) is 3.10. The Morgan fingerprint density at radius 1 is 1.00 bits per heavy atom. The standard InChI is InChI=1S/C17H20BrNO2/c1-11(12-7-5-4-6-8-12)16(19)13-9-10-14(20-2)15(18)17(13)21-3/h4-11,16H,19H2,1-3H3. The zero-order chi connectivity index (χ0) is 15.4. The first-order valence-corrected chi connectivity index (χ1v) is 7.60. The minimum atomic E-state index is -0.162. The summed E-state index contributed by atoms with van der Waals surface area (Å²) in [4.78, 5) is 0. The van der Waals surface area contributed by atoms with Crippen molar-refractivity contribution in [2.45, 2.75) is 18.9 Å². The van der Waals surface area contributed by atoms with Gasteiger partial charge >= 0.3 is 0 Å². The lowest BCUT2D eigenvalue weighted by Crippen LogP contribution is -2.18. The van der Waals surface area contributed by atoms with Crippen LogP contribution in [0.5, 0.6) is 11.5 Å². The summed E-state index contributed by atoms with van der Waals surface area (Å²) >= 11 is 3.52. The zero-order valence-electron chi connectivity index (χ0n) is 12.5. The van der Waals surface area contributed by atoms with E-state index in [0.717, 1.165) is 21.5 Å².